The second-order valence-electron chi connectivity index (χ2n) is 9.15. The third-order valence-corrected chi connectivity index (χ3v) is 6.65. The van der Waals surface area contributed by atoms with Gasteiger partial charge in [0.05, 0.1) is 31.3 Å². The molecule has 1 aromatic heterocycles. The summed E-state index contributed by atoms with van der Waals surface area (Å²) in [7, 11) is 0. The molecule has 0 radical (unpaired) electrons. The number of carbonyl (C=O) groups excluding carboxylic acids is 1. The number of carbonyl (C=O) groups is 1. The van der Waals surface area contributed by atoms with Gasteiger partial charge < -0.3 is 18.9 Å². The molecule has 2 aliphatic rings. The first-order valence-corrected chi connectivity index (χ1v) is 12.8. The predicted octanol–water partition coefficient (Wildman–Crippen LogP) is 5.56. The molecular weight excluding hydrogens is 480 g/mol. The lowest BCUT2D eigenvalue weighted by atomic mass is 9.93. The number of rotatable bonds is 8. The topological polar surface area (TPSA) is 90.7 Å². The lowest BCUT2D eigenvalue weighted by Gasteiger charge is -2.18. The highest BCUT2D eigenvalue weighted by Crippen LogP contribution is 2.43. The van der Waals surface area contributed by atoms with Crippen LogP contribution < -0.4 is 14.2 Å². The minimum atomic E-state index is -0.350. The fraction of sp³-hybridized carbons (Fsp3) is 0.323. The summed E-state index contributed by atoms with van der Waals surface area (Å²) >= 11 is 0. The van der Waals surface area contributed by atoms with Crippen LogP contribution in [0.4, 0.5) is 0 Å². The fourth-order valence-corrected chi connectivity index (χ4v) is 4.83. The molecule has 1 aliphatic heterocycles. The molecule has 0 N–H and O–H groups in total. The molecule has 7 heteroatoms. The molecule has 192 valence electrons. The Labute approximate surface area is 222 Å². The second kappa shape index (κ2) is 11.8. The first kappa shape index (κ1) is 25.3. The van der Waals surface area contributed by atoms with Gasteiger partial charge in [-0.3, -0.25) is 4.79 Å². The molecular formula is C31H28N2O5. The monoisotopic (exact) mass is 508 g/mol. The van der Waals surface area contributed by atoms with Crippen LogP contribution in [-0.2, 0) is 16.0 Å². The van der Waals surface area contributed by atoms with E-state index in [1.807, 2.05) is 30.3 Å². The van der Waals surface area contributed by atoms with Crippen LogP contribution >= 0.6 is 0 Å². The number of hydrogen-bond donors (Lipinski definition) is 0. The highest BCUT2D eigenvalue weighted by atomic mass is 16.6. The Morgan fingerprint density at radius 2 is 1.97 bits per heavy atom. The minimum Gasteiger partial charge on any atom is -0.482 e. The van der Waals surface area contributed by atoms with E-state index in [0.717, 1.165) is 41.5 Å². The molecule has 38 heavy (non-hydrogen) atoms. The Bertz CT molecular complexity index is 1410. The first-order chi connectivity index (χ1) is 18.7. The van der Waals surface area contributed by atoms with Crippen molar-refractivity contribution in [3.63, 3.8) is 0 Å². The molecule has 0 bridgehead atoms. The average molecular weight is 509 g/mol. The SMILES string of the molecule is CC#CCCC(=O)Oc1ccccc1O[C@@H]1CCc2c1ccc(C#N)c2-c1ccc(O[C@@H]2CCOC2)nc1. The summed E-state index contributed by atoms with van der Waals surface area (Å²) in [4.78, 5) is 16.8. The molecule has 0 saturated carbocycles. The quantitative estimate of drug-likeness (QED) is 0.223. The van der Waals surface area contributed by atoms with E-state index in [0.29, 0.717) is 42.6 Å². The summed E-state index contributed by atoms with van der Waals surface area (Å²) < 4.78 is 23.2. The first-order valence-electron chi connectivity index (χ1n) is 12.8. The van der Waals surface area contributed by atoms with Gasteiger partial charge in [-0.25, -0.2) is 4.98 Å². The van der Waals surface area contributed by atoms with E-state index >= 15 is 0 Å². The van der Waals surface area contributed by atoms with Gasteiger partial charge in [0.15, 0.2) is 11.5 Å². The van der Waals surface area contributed by atoms with E-state index in [4.69, 9.17) is 18.9 Å². The van der Waals surface area contributed by atoms with Gasteiger partial charge in [0.1, 0.15) is 12.2 Å². The van der Waals surface area contributed by atoms with Crippen molar-refractivity contribution >= 4 is 5.97 Å². The lowest BCUT2D eigenvalue weighted by molar-refractivity contribution is -0.134. The summed E-state index contributed by atoms with van der Waals surface area (Å²) in [6.07, 6.45) is 4.55. The second-order valence-corrected chi connectivity index (χ2v) is 9.15. The van der Waals surface area contributed by atoms with Gasteiger partial charge in [-0.05, 0) is 55.2 Å². The van der Waals surface area contributed by atoms with Crippen molar-refractivity contribution in [3.05, 3.63) is 71.4 Å². The number of hydrogen-bond acceptors (Lipinski definition) is 7. The highest BCUT2D eigenvalue weighted by Gasteiger charge is 2.29. The Hall–Kier alpha value is -4.33. The van der Waals surface area contributed by atoms with E-state index in [-0.39, 0.29) is 24.6 Å². The van der Waals surface area contributed by atoms with Gasteiger partial charge in [0, 0.05) is 36.2 Å². The number of nitriles is 1. The van der Waals surface area contributed by atoms with E-state index in [1.54, 1.807) is 31.3 Å². The van der Waals surface area contributed by atoms with Crippen molar-refractivity contribution in [1.29, 1.82) is 5.26 Å². The number of esters is 1. The molecule has 2 atom stereocenters. The maximum Gasteiger partial charge on any atom is 0.312 e. The number of nitrogens with zero attached hydrogens (tertiary/aromatic N) is 2. The van der Waals surface area contributed by atoms with Crippen LogP contribution in [0.5, 0.6) is 17.4 Å². The van der Waals surface area contributed by atoms with Gasteiger partial charge in [-0.1, -0.05) is 18.2 Å². The summed E-state index contributed by atoms with van der Waals surface area (Å²) in [6, 6.07) is 17.1. The Morgan fingerprint density at radius 1 is 1.11 bits per heavy atom. The largest absolute Gasteiger partial charge is 0.482 e. The summed E-state index contributed by atoms with van der Waals surface area (Å²) in [5.74, 6) is 6.74. The van der Waals surface area contributed by atoms with Crippen LogP contribution in [0, 0.1) is 23.2 Å². The van der Waals surface area contributed by atoms with Crippen molar-refractivity contribution < 1.29 is 23.7 Å². The minimum absolute atomic E-state index is 0.0223. The Balaban J connectivity index is 1.36. The van der Waals surface area contributed by atoms with Crippen molar-refractivity contribution in [1.82, 2.24) is 4.98 Å². The number of ether oxygens (including phenoxy) is 4. The molecule has 0 unspecified atom stereocenters. The number of para-hydroxylation sites is 2. The molecule has 7 nitrogen and oxygen atoms in total. The van der Waals surface area contributed by atoms with Gasteiger partial charge >= 0.3 is 5.97 Å². The number of pyridine rings is 1. The van der Waals surface area contributed by atoms with E-state index in [9.17, 15) is 10.1 Å². The standard InChI is InChI=1S/C31H28N2O5/c1-2-3-4-9-30(34)38-28-8-6-5-7-27(28)37-26-14-13-25-24(26)12-10-21(18-32)31(25)22-11-15-29(33-19-22)36-23-16-17-35-20-23/h5-8,10-12,15,19,23,26H,4,9,13-14,16-17,20H2,1H3/t23-,26-/m1/s1. The van der Waals surface area contributed by atoms with Gasteiger partial charge in [-0.15, -0.1) is 11.8 Å². The lowest BCUT2D eigenvalue weighted by Crippen LogP contribution is -2.16. The van der Waals surface area contributed by atoms with Gasteiger partial charge in [-0.2, -0.15) is 5.26 Å². The number of fused-ring (bicyclic) bond motifs is 1. The molecule has 2 aromatic carbocycles. The zero-order valence-electron chi connectivity index (χ0n) is 21.2. The predicted molar refractivity (Wildman–Crippen MR) is 141 cm³/mol. The third kappa shape index (κ3) is 5.64. The van der Waals surface area contributed by atoms with Crippen molar-refractivity contribution in [2.45, 2.75) is 51.2 Å². The van der Waals surface area contributed by atoms with E-state index < -0.39 is 0 Å². The van der Waals surface area contributed by atoms with Crippen LogP contribution in [0.1, 0.15) is 55.4 Å². The average Bonchev–Trinajstić information content (AvgIpc) is 3.60. The molecule has 5 rings (SSSR count). The number of aromatic nitrogens is 1. The van der Waals surface area contributed by atoms with Crippen LogP contribution in [0.3, 0.4) is 0 Å². The normalized spacial score (nSPS) is 17.6. The summed E-state index contributed by atoms with van der Waals surface area (Å²) in [6.45, 7) is 3.02. The third-order valence-electron chi connectivity index (χ3n) is 6.65. The molecule has 1 fully saturated rings. The molecule has 0 amide bonds. The number of benzene rings is 2. The Kier molecular flexibility index (Phi) is 7.87. The van der Waals surface area contributed by atoms with Crippen molar-refractivity contribution in [2.75, 3.05) is 13.2 Å². The molecule has 1 aliphatic carbocycles. The van der Waals surface area contributed by atoms with Crippen LogP contribution in [0.25, 0.3) is 11.1 Å². The fourth-order valence-electron chi connectivity index (χ4n) is 4.83. The maximum absolute atomic E-state index is 12.3. The van der Waals surface area contributed by atoms with Crippen LogP contribution in [0.2, 0.25) is 0 Å². The van der Waals surface area contributed by atoms with Crippen LogP contribution in [-0.4, -0.2) is 30.3 Å². The summed E-state index contributed by atoms with van der Waals surface area (Å²) in [5, 5.41) is 9.86. The smallest absolute Gasteiger partial charge is 0.312 e. The summed E-state index contributed by atoms with van der Waals surface area (Å²) in [5.41, 5.74) is 4.41. The maximum atomic E-state index is 12.3. The van der Waals surface area contributed by atoms with Gasteiger partial charge in [0.2, 0.25) is 5.88 Å². The highest BCUT2D eigenvalue weighted by molar-refractivity contribution is 5.76. The molecule has 1 saturated heterocycles. The van der Waals surface area contributed by atoms with Crippen molar-refractivity contribution in [2.24, 2.45) is 0 Å². The van der Waals surface area contributed by atoms with Crippen LogP contribution in [0.15, 0.2) is 54.7 Å². The zero-order valence-corrected chi connectivity index (χ0v) is 21.2. The van der Waals surface area contributed by atoms with E-state index in [2.05, 4.69) is 22.9 Å². The van der Waals surface area contributed by atoms with Gasteiger partial charge in [0.25, 0.3) is 0 Å². The molecule has 0 spiro atoms. The molecule has 2 heterocycles. The zero-order chi connectivity index (χ0) is 26.3. The van der Waals surface area contributed by atoms with E-state index in [1.165, 1.54) is 0 Å². The Morgan fingerprint density at radius 3 is 2.71 bits per heavy atom. The molecule has 3 aromatic rings. The van der Waals surface area contributed by atoms with Crippen molar-refractivity contribution in [3.8, 4) is 46.4 Å².